The van der Waals surface area contributed by atoms with Crippen LogP contribution >= 0.6 is 11.6 Å². The van der Waals surface area contributed by atoms with Crippen molar-refractivity contribution < 1.29 is 13.9 Å². The van der Waals surface area contributed by atoms with Crippen molar-refractivity contribution in [2.24, 2.45) is 0 Å². The van der Waals surface area contributed by atoms with Crippen LogP contribution in [0.1, 0.15) is 12.0 Å². The number of benzene rings is 1. The Morgan fingerprint density at radius 1 is 1.31 bits per heavy atom. The van der Waals surface area contributed by atoms with E-state index in [-0.39, 0.29) is 23.6 Å². The standard InChI is InChI=1S/C9H9ClF2O/c10-7-3-4-8(11)6(9(7)12)2-1-5-13/h3-4,13H,1-2,5H2. The molecule has 0 spiro atoms. The van der Waals surface area contributed by atoms with E-state index >= 15 is 0 Å². The van der Waals surface area contributed by atoms with Crippen LogP contribution in [0.25, 0.3) is 0 Å². The van der Waals surface area contributed by atoms with Crippen molar-refractivity contribution in [2.45, 2.75) is 12.8 Å². The van der Waals surface area contributed by atoms with E-state index in [0.717, 1.165) is 6.07 Å². The molecule has 1 N–H and O–H groups in total. The number of hydrogen-bond acceptors (Lipinski definition) is 1. The summed E-state index contributed by atoms with van der Waals surface area (Å²) in [6.07, 6.45) is 0.489. The molecule has 0 saturated heterocycles. The van der Waals surface area contributed by atoms with Crippen molar-refractivity contribution in [3.63, 3.8) is 0 Å². The lowest BCUT2D eigenvalue weighted by molar-refractivity contribution is 0.287. The highest BCUT2D eigenvalue weighted by molar-refractivity contribution is 6.30. The van der Waals surface area contributed by atoms with Crippen LogP contribution in [0, 0.1) is 11.6 Å². The molecule has 0 heterocycles. The Balaban J connectivity index is 2.96. The molecule has 0 aromatic heterocycles. The molecule has 1 rings (SSSR count). The molecule has 1 aromatic rings. The molecular weight excluding hydrogens is 198 g/mol. The Kier molecular flexibility index (Phi) is 3.63. The third-order valence-electron chi connectivity index (χ3n) is 1.72. The first-order valence-corrected chi connectivity index (χ1v) is 4.28. The molecule has 0 fully saturated rings. The first kappa shape index (κ1) is 10.4. The summed E-state index contributed by atoms with van der Waals surface area (Å²) in [6, 6.07) is 2.30. The molecule has 0 unspecified atom stereocenters. The van der Waals surface area contributed by atoms with E-state index in [1.807, 2.05) is 0 Å². The molecule has 1 aromatic carbocycles. The van der Waals surface area contributed by atoms with E-state index in [0.29, 0.717) is 6.42 Å². The number of rotatable bonds is 3. The van der Waals surface area contributed by atoms with Gasteiger partial charge in [-0.25, -0.2) is 8.78 Å². The Hall–Kier alpha value is -0.670. The number of halogens is 3. The average molecular weight is 207 g/mol. The van der Waals surface area contributed by atoms with Crippen molar-refractivity contribution in [1.29, 1.82) is 0 Å². The summed E-state index contributed by atoms with van der Waals surface area (Å²) in [7, 11) is 0. The van der Waals surface area contributed by atoms with Gasteiger partial charge in [0, 0.05) is 12.2 Å². The fourth-order valence-corrected chi connectivity index (χ4v) is 1.23. The molecule has 4 heteroatoms. The largest absolute Gasteiger partial charge is 0.396 e. The Morgan fingerprint density at radius 3 is 2.62 bits per heavy atom. The molecule has 1 nitrogen and oxygen atoms in total. The molecule has 13 heavy (non-hydrogen) atoms. The lowest BCUT2D eigenvalue weighted by Crippen LogP contribution is -1.98. The topological polar surface area (TPSA) is 20.2 Å². The molecule has 0 aliphatic carbocycles. The third-order valence-corrected chi connectivity index (χ3v) is 2.02. The Bertz CT molecular complexity index is 302. The van der Waals surface area contributed by atoms with E-state index in [4.69, 9.17) is 16.7 Å². The van der Waals surface area contributed by atoms with E-state index < -0.39 is 11.6 Å². The maximum atomic E-state index is 13.1. The van der Waals surface area contributed by atoms with Gasteiger partial charge in [0.05, 0.1) is 5.02 Å². The van der Waals surface area contributed by atoms with E-state index in [2.05, 4.69) is 0 Å². The molecule has 0 aliphatic rings. The monoisotopic (exact) mass is 206 g/mol. The maximum absolute atomic E-state index is 13.1. The predicted molar refractivity (Wildman–Crippen MR) is 46.8 cm³/mol. The Morgan fingerprint density at radius 2 is 2.00 bits per heavy atom. The normalized spacial score (nSPS) is 10.5. The van der Waals surface area contributed by atoms with E-state index in [9.17, 15) is 8.78 Å². The highest BCUT2D eigenvalue weighted by Crippen LogP contribution is 2.21. The van der Waals surface area contributed by atoms with Gasteiger partial charge in [0.25, 0.3) is 0 Å². The summed E-state index contributed by atoms with van der Waals surface area (Å²) < 4.78 is 26.1. The molecule has 0 atom stereocenters. The molecule has 0 aliphatic heterocycles. The van der Waals surface area contributed by atoms with Crippen molar-refractivity contribution >= 4 is 11.6 Å². The van der Waals surface area contributed by atoms with Crippen molar-refractivity contribution in [3.05, 3.63) is 34.4 Å². The van der Waals surface area contributed by atoms with Crippen molar-refractivity contribution in [2.75, 3.05) is 6.61 Å². The van der Waals surface area contributed by atoms with Gasteiger partial charge < -0.3 is 5.11 Å². The quantitative estimate of drug-likeness (QED) is 0.754. The fraction of sp³-hybridized carbons (Fsp3) is 0.333. The van der Waals surface area contributed by atoms with Gasteiger partial charge in [-0.05, 0) is 25.0 Å². The summed E-state index contributed by atoms with van der Waals surface area (Å²) in [5.41, 5.74) is -0.0541. The Labute approximate surface area is 80.0 Å². The van der Waals surface area contributed by atoms with Crippen LogP contribution in [-0.2, 0) is 6.42 Å². The van der Waals surface area contributed by atoms with Gasteiger partial charge in [-0.15, -0.1) is 0 Å². The van der Waals surface area contributed by atoms with Gasteiger partial charge in [-0.3, -0.25) is 0 Å². The van der Waals surface area contributed by atoms with Crippen LogP contribution in [0.3, 0.4) is 0 Å². The van der Waals surface area contributed by atoms with E-state index in [1.54, 1.807) is 0 Å². The van der Waals surface area contributed by atoms with Gasteiger partial charge >= 0.3 is 0 Å². The minimum atomic E-state index is -0.727. The van der Waals surface area contributed by atoms with Crippen LogP contribution in [-0.4, -0.2) is 11.7 Å². The third kappa shape index (κ3) is 2.39. The maximum Gasteiger partial charge on any atom is 0.147 e. The summed E-state index contributed by atoms with van der Waals surface area (Å²) in [5.74, 6) is -1.34. The van der Waals surface area contributed by atoms with Crippen molar-refractivity contribution in [1.82, 2.24) is 0 Å². The fourth-order valence-electron chi connectivity index (χ4n) is 1.05. The zero-order valence-corrected chi connectivity index (χ0v) is 7.61. The van der Waals surface area contributed by atoms with Gasteiger partial charge in [-0.1, -0.05) is 11.6 Å². The molecule has 0 radical (unpaired) electrons. The number of hydrogen-bond donors (Lipinski definition) is 1. The van der Waals surface area contributed by atoms with Crippen LogP contribution in [0.2, 0.25) is 5.02 Å². The lowest BCUT2D eigenvalue weighted by atomic mass is 10.1. The summed E-state index contributed by atoms with van der Waals surface area (Å²) in [6.45, 7) is -0.0919. The summed E-state index contributed by atoms with van der Waals surface area (Å²) >= 11 is 5.46. The van der Waals surface area contributed by atoms with Crippen LogP contribution in [0.15, 0.2) is 12.1 Å². The van der Waals surface area contributed by atoms with Gasteiger partial charge in [0.1, 0.15) is 11.6 Å². The minimum Gasteiger partial charge on any atom is -0.396 e. The molecule has 0 amide bonds. The van der Waals surface area contributed by atoms with Gasteiger partial charge in [0.15, 0.2) is 0 Å². The van der Waals surface area contributed by atoms with Crippen LogP contribution < -0.4 is 0 Å². The first-order valence-electron chi connectivity index (χ1n) is 3.90. The smallest absolute Gasteiger partial charge is 0.147 e. The lowest BCUT2D eigenvalue weighted by Gasteiger charge is -2.04. The van der Waals surface area contributed by atoms with Gasteiger partial charge in [0.2, 0.25) is 0 Å². The SMILES string of the molecule is OCCCc1c(F)ccc(Cl)c1F. The van der Waals surface area contributed by atoms with Gasteiger partial charge in [-0.2, -0.15) is 0 Å². The van der Waals surface area contributed by atoms with Crippen LogP contribution in [0.4, 0.5) is 8.78 Å². The van der Waals surface area contributed by atoms with E-state index in [1.165, 1.54) is 6.07 Å². The second-order valence-electron chi connectivity index (χ2n) is 2.65. The highest BCUT2D eigenvalue weighted by atomic mass is 35.5. The van der Waals surface area contributed by atoms with Crippen molar-refractivity contribution in [3.8, 4) is 0 Å². The number of aliphatic hydroxyl groups excluding tert-OH is 1. The second kappa shape index (κ2) is 4.53. The predicted octanol–water partition coefficient (Wildman–Crippen LogP) is 2.54. The highest BCUT2D eigenvalue weighted by Gasteiger charge is 2.11. The van der Waals surface area contributed by atoms with Crippen LogP contribution in [0.5, 0.6) is 0 Å². The zero-order valence-electron chi connectivity index (χ0n) is 6.86. The second-order valence-corrected chi connectivity index (χ2v) is 3.06. The summed E-state index contributed by atoms with van der Waals surface area (Å²) in [4.78, 5) is 0. The molecule has 0 saturated carbocycles. The molecular formula is C9H9ClF2O. The zero-order chi connectivity index (χ0) is 9.84. The first-order chi connectivity index (χ1) is 6.16. The minimum absolute atomic E-state index is 0.0541. The molecule has 0 bridgehead atoms. The molecule has 72 valence electrons. The number of aliphatic hydroxyl groups is 1. The summed E-state index contributed by atoms with van der Waals surface area (Å²) in [5, 5.41) is 8.41. The average Bonchev–Trinajstić information content (AvgIpc) is 2.12.